The lowest BCUT2D eigenvalue weighted by molar-refractivity contribution is -0.384. The van der Waals surface area contributed by atoms with Gasteiger partial charge in [0.15, 0.2) is 0 Å². The minimum absolute atomic E-state index is 0.0357. The van der Waals surface area contributed by atoms with Crippen LogP contribution in [0.5, 0.6) is 0 Å². The van der Waals surface area contributed by atoms with Gasteiger partial charge in [-0.15, -0.1) is 0 Å². The standard InChI is InChI=1S/C12H15ClN2O2/c1-8(12(2)5-6-12)14-10-4-3-9(13)7-11(10)15(16)17/h3-4,7-8,14H,5-6H2,1-2H3. The molecule has 2 rings (SSSR count). The van der Waals surface area contributed by atoms with Gasteiger partial charge in [0.05, 0.1) is 4.92 Å². The Morgan fingerprint density at radius 1 is 1.53 bits per heavy atom. The maximum atomic E-state index is 10.9. The van der Waals surface area contributed by atoms with E-state index in [0.29, 0.717) is 10.7 Å². The molecule has 0 amide bonds. The number of anilines is 1. The number of halogens is 1. The highest BCUT2D eigenvalue weighted by molar-refractivity contribution is 6.30. The lowest BCUT2D eigenvalue weighted by atomic mass is 10.0. The van der Waals surface area contributed by atoms with Crippen LogP contribution in [0, 0.1) is 15.5 Å². The van der Waals surface area contributed by atoms with E-state index in [9.17, 15) is 10.1 Å². The van der Waals surface area contributed by atoms with Crippen molar-refractivity contribution in [3.63, 3.8) is 0 Å². The highest BCUT2D eigenvalue weighted by Crippen LogP contribution is 2.49. The molecule has 92 valence electrons. The molecule has 1 saturated carbocycles. The van der Waals surface area contributed by atoms with Gasteiger partial charge in [0.2, 0.25) is 0 Å². The first-order chi connectivity index (χ1) is 7.92. The van der Waals surface area contributed by atoms with E-state index in [1.165, 1.54) is 18.9 Å². The molecule has 0 radical (unpaired) electrons. The molecule has 0 aliphatic heterocycles. The predicted molar refractivity (Wildman–Crippen MR) is 68.5 cm³/mol. The Labute approximate surface area is 105 Å². The van der Waals surface area contributed by atoms with E-state index in [2.05, 4.69) is 19.2 Å². The van der Waals surface area contributed by atoms with Crippen LogP contribution >= 0.6 is 11.6 Å². The van der Waals surface area contributed by atoms with Crippen molar-refractivity contribution in [2.24, 2.45) is 5.41 Å². The SMILES string of the molecule is CC(Nc1ccc(Cl)cc1[N+](=O)[O-])C1(C)CC1. The van der Waals surface area contributed by atoms with Crippen molar-refractivity contribution in [1.29, 1.82) is 0 Å². The Kier molecular flexibility index (Phi) is 3.00. The second-order valence-electron chi connectivity index (χ2n) is 4.94. The highest BCUT2D eigenvalue weighted by atomic mass is 35.5. The van der Waals surface area contributed by atoms with Crippen molar-refractivity contribution in [3.05, 3.63) is 33.3 Å². The second kappa shape index (κ2) is 4.18. The van der Waals surface area contributed by atoms with Crippen LogP contribution in [0.3, 0.4) is 0 Å². The average molecular weight is 255 g/mol. The molecule has 1 aliphatic rings. The van der Waals surface area contributed by atoms with Gasteiger partial charge in [0.25, 0.3) is 5.69 Å². The Morgan fingerprint density at radius 3 is 2.71 bits per heavy atom. The molecule has 1 aliphatic carbocycles. The maximum Gasteiger partial charge on any atom is 0.293 e. The molecule has 0 aromatic heterocycles. The lowest BCUT2D eigenvalue weighted by Crippen LogP contribution is -2.25. The molecule has 1 unspecified atom stereocenters. The summed E-state index contributed by atoms with van der Waals surface area (Å²) in [5, 5.41) is 14.5. The molecular weight excluding hydrogens is 240 g/mol. The van der Waals surface area contributed by atoms with Crippen molar-refractivity contribution in [1.82, 2.24) is 0 Å². The predicted octanol–water partition coefficient (Wildman–Crippen LogP) is 3.85. The van der Waals surface area contributed by atoms with E-state index >= 15 is 0 Å². The number of benzene rings is 1. The molecular formula is C12H15ClN2O2. The normalized spacial score (nSPS) is 18.5. The molecule has 1 aromatic rings. The van der Waals surface area contributed by atoms with Crippen LogP contribution in [0.4, 0.5) is 11.4 Å². The average Bonchev–Trinajstić information content (AvgIpc) is 3.00. The third-order valence-corrected chi connectivity index (χ3v) is 3.85. The zero-order valence-electron chi connectivity index (χ0n) is 9.87. The number of hydrogen-bond acceptors (Lipinski definition) is 3. The van der Waals surface area contributed by atoms with Gasteiger partial charge in [0.1, 0.15) is 5.69 Å². The Hall–Kier alpha value is -1.29. The van der Waals surface area contributed by atoms with Crippen molar-refractivity contribution >= 4 is 23.0 Å². The molecule has 0 saturated heterocycles. The van der Waals surface area contributed by atoms with Crippen LogP contribution in [0.1, 0.15) is 26.7 Å². The first-order valence-corrected chi connectivity index (χ1v) is 6.01. The third kappa shape index (κ3) is 2.52. The number of nitrogens with zero attached hydrogens (tertiary/aromatic N) is 1. The molecule has 17 heavy (non-hydrogen) atoms. The van der Waals surface area contributed by atoms with Crippen molar-refractivity contribution in [2.75, 3.05) is 5.32 Å². The molecule has 1 N–H and O–H groups in total. The van der Waals surface area contributed by atoms with Crippen LogP contribution in [0.25, 0.3) is 0 Å². The molecule has 0 heterocycles. The van der Waals surface area contributed by atoms with Gasteiger partial charge in [-0.1, -0.05) is 18.5 Å². The summed E-state index contributed by atoms with van der Waals surface area (Å²) >= 11 is 5.77. The fraction of sp³-hybridized carbons (Fsp3) is 0.500. The fourth-order valence-electron chi connectivity index (χ4n) is 1.82. The first-order valence-electron chi connectivity index (χ1n) is 5.63. The fourth-order valence-corrected chi connectivity index (χ4v) is 1.98. The monoisotopic (exact) mass is 254 g/mol. The first kappa shape index (κ1) is 12.2. The molecule has 5 heteroatoms. The zero-order valence-corrected chi connectivity index (χ0v) is 10.6. The number of nitro benzene ring substituents is 1. The van der Waals surface area contributed by atoms with Gasteiger partial charge < -0.3 is 5.32 Å². The maximum absolute atomic E-state index is 10.9. The Bertz CT molecular complexity index is 458. The topological polar surface area (TPSA) is 55.2 Å². The summed E-state index contributed by atoms with van der Waals surface area (Å²) in [5.74, 6) is 0. The summed E-state index contributed by atoms with van der Waals surface area (Å²) in [7, 11) is 0. The number of nitrogens with one attached hydrogen (secondary N) is 1. The summed E-state index contributed by atoms with van der Waals surface area (Å²) in [5.41, 5.74) is 0.849. The molecule has 1 fully saturated rings. The largest absolute Gasteiger partial charge is 0.376 e. The molecule has 0 spiro atoms. The summed E-state index contributed by atoms with van der Waals surface area (Å²) in [6.45, 7) is 4.25. The van der Waals surface area contributed by atoms with Crippen LogP contribution < -0.4 is 5.32 Å². The van der Waals surface area contributed by atoms with E-state index < -0.39 is 4.92 Å². The van der Waals surface area contributed by atoms with E-state index in [-0.39, 0.29) is 17.1 Å². The van der Waals surface area contributed by atoms with Crippen molar-refractivity contribution < 1.29 is 4.92 Å². The lowest BCUT2D eigenvalue weighted by Gasteiger charge is -2.21. The van der Waals surface area contributed by atoms with Gasteiger partial charge in [0, 0.05) is 17.1 Å². The number of rotatable bonds is 4. The Morgan fingerprint density at radius 2 is 2.18 bits per heavy atom. The molecule has 1 atom stereocenters. The highest BCUT2D eigenvalue weighted by Gasteiger charge is 2.42. The Balaban J connectivity index is 2.23. The van der Waals surface area contributed by atoms with Gasteiger partial charge in [-0.25, -0.2) is 0 Å². The molecule has 4 nitrogen and oxygen atoms in total. The smallest absolute Gasteiger partial charge is 0.293 e. The zero-order chi connectivity index (χ0) is 12.6. The van der Waals surface area contributed by atoms with Gasteiger partial charge >= 0.3 is 0 Å². The minimum atomic E-state index is -0.407. The molecule has 1 aromatic carbocycles. The third-order valence-electron chi connectivity index (χ3n) is 3.61. The van der Waals surface area contributed by atoms with Gasteiger partial charge in [-0.3, -0.25) is 10.1 Å². The van der Waals surface area contributed by atoms with E-state index in [4.69, 9.17) is 11.6 Å². The van der Waals surface area contributed by atoms with Crippen molar-refractivity contribution in [2.45, 2.75) is 32.7 Å². The van der Waals surface area contributed by atoms with Gasteiger partial charge in [-0.05, 0) is 37.3 Å². The van der Waals surface area contributed by atoms with Crippen LogP contribution in [0.2, 0.25) is 5.02 Å². The quantitative estimate of drug-likeness (QED) is 0.656. The van der Waals surface area contributed by atoms with Crippen LogP contribution in [-0.2, 0) is 0 Å². The van der Waals surface area contributed by atoms with E-state index in [0.717, 1.165) is 0 Å². The molecule has 0 bridgehead atoms. The number of nitro groups is 1. The number of hydrogen-bond donors (Lipinski definition) is 1. The summed E-state index contributed by atoms with van der Waals surface area (Å²) in [6.07, 6.45) is 2.34. The van der Waals surface area contributed by atoms with Crippen molar-refractivity contribution in [3.8, 4) is 0 Å². The van der Waals surface area contributed by atoms with E-state index in [1.54, 1.807) is 12.1 Å². The summed E-state index contributed by atoms with van der Waals surface area (Å²) in [6, 6.07) is 4.94. The summed E-state index contributed by atoms with van der Waals surface area (Å²) < 4.78 is 0. The second-order valence-corrected chi connectivity index (χ2v) is 5.38. The van der Waals surface area contributed by atoms with Crippen LogP contribution in [-0.4, -0.2) is 11.0 Å². The summed E-state index contributed by atoms with van der Waals surface area (Å²) in [4.78, 5) is 10.5. The van der Waals surface area contributed by atoms with E-state index in [1.807, 2.05) is 0 Å². The van der Waals surface area contributed by atoms with Gasteiger partial charge in [-0.2, -0.15) is 0 Å². The van der Waals surface area contributed by atoms with Crippen LogP contribution in [0.15, 0.2) is 18.2 Å². The minimum Gasteiger partial charge on any atom is -0.376 e.